The largest absolute Gasteiger partial charge is 1.00 e. The summed E-state index contributed by atoms with van der Waals surface area (Å²) in [5.41, 5.74) is -0.311. The zero-order valence-electron chi connectivity index (χ0n) is 6.48. The monoisotopic (exact) mass is 181 g/mol. The fourth-order valence-corrected chi connectivity index (χ4v) is 0.951. The Kier molecular flexibility index (Phi) is 4.28. The SMILES string of the molecule is O[B-](O)(O)c1ncccc1Cl.[Li+]. The van der Waals surface area contributed by atoms with Crippen molar-refractivity contribution in [3.05, 3.63) is 23.4 Å². The molecule has 1 rings (SSSR count). The van der Waals surface area contributed by atoms with Crippen molar-refractivity contribution in [2.75, 3.05) is 0 Å². The number of rotatable bonds is 1. The van der Waals surface area contributed by atoms with Crippen molar-refractivity contribution in [3.8, 4) is 0 Å². The maximum atomic E-state index is 8.70. The third kappa shape index (κ3) is 2.79. The molecule has 12 heavy (non-hydrogen) atoms. The summed E-state index contributed by atoms with van der Waals surface area (Å²) in [5, 5.41) is 26.1. The Balaban J connectivity index is 0.00000121. The van der Waals surface area contributed by atoms with Crippen LogP contribution >= 0.6 is 11.6 Å². The number of hydrogen-bond acceptors (Lipinski definition) is 4. The van der Waals surface area contributed by atoms with Crippen LogP contribution in [0.2, 0.25) is 5.02 Å². The Hall–Kier alpha value is -0.0177. The molecule has 60 valence electrons. The Morgan fingerprint density at radius 3 is 2.25 bits per heavy atom. The second kappa shape index (κ2) is 4.28. The van der Waals surface area contributed by atoms with Gasteiger partial charge in [0.2, 0.25) is 0 Å². The molecule has 4 nitrogen and oxygen atoms in total. The van der Waals surface area contributed by atoms with Gasteiger partial charge in [-0.25, -0.2) is 0 Å². The van der Waals surface area contributed by atoms with Gasteiger partial charge in [0.1, 0.15) is 0 Å². The van der Waals surface area contributed by atoms with Crippen molar-refractivity contribution in [2.45, 2.75) is 0 Å². The van der Waals surface area contributed by atoms with Crippen LogP contribution in [-0.2, 0) is 0 Å². The summed E-state index contributed by atoms with van der Waals surface area (Å²) in [5.74, 6) is 0. The van der Waals surface area contributed by atoms with E-state index in [2.05, 4.69) is 4.98 Å². The Morgan fingerprint density at radius 1 is 1.33 bits per heavy atom. The Morgan fingerprint density at radius 2 is 1.92 bits per heavy atom. The summed E-state index contributed by atoms with van der Waals surface area (Å²) in [6, 6.07) is 2.93. The molecule has 0 aliphatic heterocycles. The standard InChI is InChI=1S/C5H6BClNO3.Li/c7-4-2-1-3-8-5(4)6(9,10)11;/h1-3,9-11H;/q-1;+1. The minimum absolute atomic E-state index is 0. The molecule has 0 aliphatic rings. The third-order valence-corrected chi connectivity index (χ3v) is 1.47. The van der Waals surface area contributed by atoms with E-state index >= 15 is 0 Å². The zero-order valence-corrected chi connectivity index (χ0v) is 7.23. The number of hydrogen-bond donors (Lipinski definition) is 3. The van der Waals surface area contributed by atoms with Gasteiger partial charge in [-0.3, -0.25) is 4.98 Å². The minimum Gasteiger partial charge on any atom is -0.555 e. The summed E-state index contributed by atoms with van der Waals surface area (Å²) in [7, 11) is 0. The number of nitrogens with zero attached hydrogens (tertiary/aromatic N) is 1. The molecule has 1 aromatic rings. The molecular weight excluding hydrogens is 175 g/mol. The van der Waals surface area contributed by atoms with Gasteiger partial charge in [-0.1, -0.05) is 11.6 Å². The van der Waals surface area contributed by atoms with E-state index in [4.69, 9.17) is 26.7 Å². The fourth-order valence-electron chi connectivity index (χ4n) is 0.683. The van der Waals surface area contributed by atoms with Crippen LogP contribution in [0.25, 0.3) is 0 Å². The molecule has 0 unspecified atom stereocenters. The predicted molar refractivity (Wildman–Crippen MR) is 41.3 cm³/mol. The van der Waals surface area contributed by atoms with Gasteiger partial charge < -0.3 is 15.1 Å². The quantitative estimate of drug-likeness (QED) is 0.385. The van der Waals surface area contributed by atoms with E-state index in [1.165, 1.54) is 18.3 Å². The second-order valence-electron chi connectivity index (χ2n) is 2.10. The normalized spacial score (nSPS) is 10.7. The van der Waals surface area contributed by atoms with E-state index in [0.717, 1.165) is 0 Å². The molecule has 0 saturated carbocycles. The van der Waals surface area contributed by atoms with Crippen molar-refractivity contribution in [3.63, 3.8) is 0 Å². The molecule has 0 radical (unpaired) electrons. The van der Waals surface area contributed by atoms with E-state index in [9.17, 15) is 0 Å². The van der Waals surface area contributed by atoms with Crippen molar-refractivity contribution in [1.82, 2.24) is 4.98 Å². The molecule has 0 fully saturated rings. The van der Waals surface area contributed by atoms with Gasteiger partial charge in [0.25, 0.3) is 0 Å². The third-order valence-electron chi connectivity index (χ3n) is 1.15. The molecule has 0 saturated heterocycles. The van der Waals surface area contributed by atoms with Gasteiger partial charge in [-0.2, -0.15) is 0 Å². The summed E-state index contributed by atoms with van der Waals surface area (Å²) in [6.07, 6.45) is 1.31. The van der Waals surface area contributed by atoms with Crippen LogP contribution in [0.5, 0.6) is 0 Å². The topological polar surface area (TPSA) is 73.6 Å². The first kappa shape index (κ1) is 12.0. The summed E-state index contributed by atoms with van der Waals surface area (Å²) < 4.78 is 0. The Bertz CT molecular complexity index is 267. The van der Waals surface area contributed by atoms with E-state index in [1.807, 2.05) is 0 Å². The van der Waals surface area contributed by atoms with Crippen LogP contribution in [-0.4, -0.2) is 26.8 Å². The van der Waals surface area contributed by atoms with Gasteiger partial charge in [0.05, 0.1) is 0 Å². The molecule has 3 N–H and O–H groups in total. The van der Waals surface area contributed by atoms with Crippen LogP contribution in [0.1, 0.15) is 0 Å². The molecule has 7 heteroatoms. The molecule has 0 atom stereocenters. The second-order valence-corrected chi connectivity index (χ2v) is 2.51. The Labute approximate surface area is 86.4 Å². The van der Waals surface area contributed by atoms with Crippen molar-refractivity contribution in [2.24, 2.45) is 0 Å². The number of pyridine rings is 1. The predicted octanol–water partition coefficient (Wildman–Crippen LogP) is -4.14. The molecule has 0 amide bonds. The van der Waals surface area contributed by atoms with E-state index in [1.54, 1.807) is 0 Å². The van der Waals surface area contributed by atoms with Gasteiger partial charge in [0.15, 0.2) is 0 Å². The van der Waals surface area contributed by atoms with Crippen LogP contribution in [0.3, 0.4) is 0 Å². The van der Waals surface area contributed by atoms with E-state index < -0.39 is 6.75 Å². The first-order valence-electron chi connectivity index (χ1n) is 2.94. The zero-order chi connectivity index (χ0) is 8.48. The maximum absolute atomic E-state index is 8.70. The average Bonchev–Trinajstić information content (AvgIpc) is 1.86. The number of aromatic nitrogens is 1. The molecule has 0 aliphatic carbocycles. The molecule has 0 bridgehead atoms. The fraction of sp³-hybridized carbons (Fsp3) is 0. The van der Waals surface area contributed by atoms with E-state index in [0.29, 0.717) is 0 Å². The van der Waals surface area contributed by atoms with Crippen molar-refractivity contribution < 1.29 is 33.9 Å². The summed E-state index contributed by atoms with van der Waals surface area (Å²) in [4.78, 5) is 3.50. The summed E-state index contributed by atoms with van der Waals surface area (Å²) in [6.45, 7) is -3.57. The molecular formula is C5H6BClLiNO3. The number of halogens is 1. The van der Waals surface area contributed by atoms with Crippen LogP contribution < -0.4 is 24.5 Å². The first-order valence-corrected chi connectivity index (χ1v) is 3.32. The van der Waals surface area contributed by atoms with Crippen molar-refractivity contribution >= 4 is 23.9 Å². The first-order chi connectivity index (χ1) is 5.02. The van der Waals surface area contributed by atoms with E-state index in [-0.39, 0.29) is 29.5 Å². The molecule has 1 aromatic heterocycles. The van der Waals surface area contributed by atoms with Gasteiger partial charge >= 0.3 is 25.6 Å². The van der Waals surface area contributed by atoms with Crippen LogP contribution in [0, 0.1) is 0 Å². The van der Waals surface area contributed by atoms with Gasteiger partial charge in [0, 0.05) is 11.2 Å². The molecule has 0 spiro atoms. The van der Waals surface area contributed by atoms with Crippen molar-refractivity contribution in [1.29, 1.82) is 0 Å². The van der Waals surface area contributed by atoms with Crippen LogP contribution in [0.4, 0.5) is 0 Å². The average molecular weight is 181 g/mol. The minimum atomic E-state index is -3.57. The van der Waals surface area contributed by atoms with Gasteiger partial charge in [-0.05, 0) is 17.7 Å². The smallest absolute Gasteiger partial charge is 0.555 e. The molecule has 0 aromatic carbocycles. The summed E-state index contributed by atoms with van der Waals surface area (Å²) >= 11 is 5.48. The molecule has 1 heterocycles. The van der Waals surface area contributed by atoms with Crippen LogP contribution in [0.15, 0.2) is 18.3 Å². The van der Waals surface area contributed by atoms with Gasteiger partial charge in [-0.15, -0.1) is 0 Å². The maximum Gasteiger partial charge on any atom is 1.00 e.